The summed E-state index contributed by atoms with van der Waals surface area (Å²) in [5.74, 6) is 0.463. The third-order valence-electron chi connectivity index (χ3n) is 2.04. The van der Waals surface area contributed by atoms with Crippen molar-refractivity contribution < 1.29 is 0 Å². The monoisotopic (exact) mass is 225 g/mol. The van der Waals surface area contributed by atoms with Crippen LogP contribution >= 0.6 is 11.6 Å². The molecule has 1 aromatic rings. The minimum Gasteiger partial charge on any atom is -0.370 e. The van der Waals surface area contributed by atoms with Gasteiger partial charge in [-0.3, -0.25) is 4.99 Å². The molecular formula is C11H16ClN3. The average Bonchev–Trinajstić information content (AvgIpc) is 2.18. The molecule has 0 spiro atoms. The summed E-state index contributed by atoms with van der Waals surface area (Å²) >= 11 is 5.90. The first-order chi connectivity index (χ1) is 7.13. The van der Waals surface area contributed by atoms with E-state index in [-0.39, 0.29) is 6.04 Å². The largest absolute Gasteiger partial charge is 0.370 e. The Hall–Kier alpha value is -1.22. The molecule has 3 nitrogen and oxygen atoms in total. The zero-order valence-electron chi connectivity index (χ0n) is 9.00. The maximum Gasteiger partial charge on any atom is 0.189 e. The molecule has 0 amide bonds. The van der Waals surface area contributed by atoms with Gasteiger partial charge in [0.05, 0.1) is 6.04 Å². The molecule has 1 aromatic carbocycles. The second-order valence-electron chi connectivity index (χ2n) is 3.28. The highest BCUT2D eigenvalue weighted by Crippen LogP contribution is 2.16. The number of aliphatic imine (C=N–C) groups is 1. The number of nitrogens with zero attached hydrogens (tertiary/aromatic N) is 1. The van der Waals surface area contributed by atoms with Crippen molar-refractivity contribution in [3.05, 3.63) is 34.9 Å². The molecule has 3 N–H and O–H groups in total. The summed E-state index contributed by atoms with van der Waals surface area (Å²) in [4.78, 5) is 4.06. The number of nitrogens with one attached hydrogen (secondary N) is 1. The Morgan fingerprint density at radius 3 is 2.93 bits per heavy atom. The van der Waals surface area contributed by atoms with Crippen LogP contribution < -0.4 is 11.1 Å². The summed E-state index contributed by atoms with van der Waals surface area (Å²) in [5, 5.41) is 3.82. The highest BCUT2D eigenvalue weighted by molar-refractivity contribution is 6.30. The summed E-state index contributed by atoms with van der Waals surface area (Å²) in [6.45, 7) is 4.64. The summed E-state index contributed by atoms with van der Waals surface area (Å²) in [6, 6.07) is 7.80. The molecule has 0 bridgehead atoms. The second kappa shape index (κ2) is 5.61. The molecule has 82 valence electrons. The third kappa shape index (κ3) is 3.80. The Morgan fingerprint density at radius 2 is 2.33 bits per heavy atom. The molecule has 4 heteroatoms. The number of benzene rings is 1. The molecule has 0 radical (unpaired) electrons. The maximum absolute atomic E-state index is 5.90. The van der Waals surface area contributed by atoms with Crippen molar-refractivity contribution in [3.8, 4) is 0 Å². The number of nitrogens with two attached hydrogens (primary N) is 1. The van der Waals surface area contributed by atoms with Crippen molar-refractivity contribution in [3.63, 3.8) is 0 Å². The van der Waals surface area contributed by atoms with Crippen LogP contribution in [0.3, 0.4) is 0 Å². The zero-order chi connectivity index (χ0) is 11.3. The first-order valence-electron chi connectivity index (χ1n) is 4.95. The van der Waals surface area contributed by atoms with Crippen molar-refractivity contribution in [1.29, 1.82) is 0 Å². The van der Waals surface area contributed by atoms with Crippen molar-refractivity contribution >= 4 is 17.6 Å². The normalized spacial score (nSPS) is 13.7. The first kappa shape index (κ1) is 11.9. The van der Waals surface area contributed by atoms with E-state index < -0.39 is 0 Å². The Labute approximate surface area is 95.3 Å². The maximum atomic E-state index is 5.90. The van der Waals surface area contributed by atoms with Crippen LogP contribution in [0.5, 0.6) is 0 Å². The minimum atomic E-state index is 0.110. The van der Waals surface area contributed by atoms with E-state index in [2.05, 4.69) is 10.3 Å². The van der Waals surface area contributed by atoms with Gasteiger partial charge in [-0.05, 0) is 31.5 Å². The lowest BCUT2D eigenvalue weighted by atomic mass is 10.1. The van der Waals surface area contributed by atoms with Crippen molar-refractivity contribution in [2.75, 3.05) is 6.54 Å². The predicted octanol–water partition coefficient (Wildman–Crippen LogP) is 2.33. The molecule has 0 heterocycles. The summed E-state index contributed by atoms with van der Waals surface area (Å²) in [5.41, 5.74) is 6.76. The van der Waals surface area contributed by atoms with Crippen LogP contribution in [0.25, 0.3) is 0 Å². The third-order valence-corrected chi connectivity index (χ3v) is 2.28. The Kier molecular flexibility index (Phi) is 4.43. The topological polar surface area (TPSA) is 50.4 Å². The highest BCUT2D eigenvalue weighted by atomic mass is 35.5. The first-order valence-corrected chi connectivity index (χ1v) is 5.33. The summed E-state index contributed by atoms with van der Waals surface area (Å²) < 4.78 is 0. The minimum absolute atomic E-state index is 0.110. The molecule has 0 saturated heterocycles. The molecule has 0 aliphatic carbocycles. The lowest BCUT2D eigenvalue weighted by Gasteiger charge is -2.14. The fourth-order valence-corrected chi connectivity index (χ4v) is 1.50. The number of guanidine groups is 1. The van der Waals surface area contributed by atoms with Gasteiger partial charge in [-0.15, -0.1) is 0 Å². The van der Waals surface area contributed by atoms with Crippen molar-refractivity contribution in [2.24, 2.45) is 10.7 Å². The second-order valence-corrected chi connectivity index (χ2v) is 3.72. The fraction of sp³-hybridized carbons (Fsp3) is 0.364. The van der Waals surface area contributed by atoms with Crippen LogP contribution in [-0.2, 0) is 0 Å². The highest BCUT2D eigenvalue weighted by Gasteiger charge is 2.05. The summed E-state index contributed by atoms with van der Waals surface area (Å²) in [6.07, 6.45) is 0. The number of halogens is 1. The van der Waals surface area contributed by atoms with Crippen LogP contribution in [0.4, 0.5) is 0 Å². The molecule has 15 heavy (non-hydrogen) atoms. The molecule has 0 aromatic heterocycles. The lowest BCUT2D eigenvalue weighted by molar-refractivity contribution is 0.709. The Balaban J connectivity index is 2.69. The zero-order valence-corrected chi connectivity index (χ0v) is 9.75. The van der Waals surface area contributed by atoms with Gasteiger partial charge in [0.25, 0.3) is 0 Å². The van der Waals surface area contributed by atoms with Gasteiger partial charge in [0, 0.05) is 11.6 Å². The van der Waals surface area contributed by atoms with Crippen molar-refractivity contribution in [1.82, 2.24) is 5.32 Å². The summed E-state index contributed by atoms with van der Waals surface area (Å²) in [7, 11) is 0. The number of rotatable bonds is 3. The van der Waals surface area contributed by atoms with Gasteiger partial charge >= 0.3 is 0 Å². The van der Waals surface area contributed by atoms with Gasteiger partial charge in [-0.2, -0.15) is 0 Å². The molecule has 1 rings (SSSR count). The number of hydrogen-bond acceptors (Lipinski definition) is 1. The molecule has 1 unspecified atom stereocenters. The predicted molar refractivity (Wildman–Crippen MR) is 65.2 cm³/mol. The molecule has 0 aliphatic rings. The van der Waals surface area contributed by atoms with Gasteiger partial charge in [0.15, 0.2) is 5.96 Å². The van der Waals surface area contributed by atoms with E-state index in [0.717, 1.165) is 10.6 Å². The van der Waals surface area contributed by atoms with Gasteiger partial charge in [0.1, 0.15) is 0 Å². The lowest BCUT2D eigenvalue weighted by Crippen LogP contribution is -2.33. The van der Waals surface area contributed by atoms with Crippen LogP contribution in [0.15, 0.2) is 29.3 Å². The van der Waals surface area contributed by atoms with E-state index >= 15 is 0 Å². The average molecular weight is 226 g/mol. The number of hydrogen-bond donors (Lipinski definition) is 2. The van der Waals surface area contributed by atoms with Gasteiger partial charge in [-0.25, -0.2) is 0 Å². The van der Waals surface area contributed by atoms with Crippen molar-refractivity contribution in [2.45, 2.75) is 19.9 Å². The van der Waals surface area contributed by atoms with Gasteiger partial charge in [0.2, 0.25) is 0 Å². The van der Waals surface area contributed by atoms with E-state index in [9.17, 15) is 0 Å². The quantitative estimate of drug-likeness (QED) is 0.613. The van der Waals surface area contributed by atoms with E-state index in [1.165, 1.54) is 0 Å². The van der Waals surface area contributed by atoms with Gasteiger partial charge in [-0.1, -0.05) is 23.7 Å². The molecule has 0 saturated carbocycles. The molecular weight excluding hydrogens is 210 g/mol. The molecule has 1 atom stereocenters. The van der Waals surface area contributed by atoms with E-state index in [4.69, 9.17) is 17.3 Å². The van der Waals surface area contributed by atoms with Gasteiger partial charge < -0.3 is 11.1 Å². The van der Waals surface area contributed by atoms with Crippen LogP contribution in [0.1, 0.15) is 25.5 Å². The van der Waals surface area contributed by atoms with Crippen LogP contribution in [-0.4, -0.2) is 12.5 Å². The molecule has 0 aliphatic heterocycles. The fourth-order valence-electron chi connectivity index (χ4n) is 1.30. The van der Waals surface area contributed by atoms with E-state index in [1.54, 1.807) is 0 Å². The smallest absolute Gasteiger partial charge is 0.189 e. The standard InChI is InChI=1S/C11H16ClN3/c1-3-14-11(13)15-8(2)9-5-4-6-10(12)7-9/h4-8H,3H2,1-2H3,(H3,13,14,15). The van der Waals surface area contributed by atoms with E-state index in [0.29, 0.717) is 12.5 Å². The van der Waals surface area contributed by atoms with E-state index in [1.807, 2.05) is 38.1 Å². The molecule has 0 fully saturated rings. The SMILES string of the molecule is CCN=C(N)NC(C)c1cccc(Cl)c1. The Bertz CT molecular complexity index is 349. The van der Waals surface area contributed by atoms with Crippen LogP contribution in [0, 0.1) is 0 Å². The Morgan fingerprint density at radius 1 is 1.60 bits per heavy atom. The van der Waals surface area contributed by atoms with Crippen LogP contribution in [0.2, 0.25) is 5.02 Å².